The molecule has 11 heteroatoms. The first-order chi connectivity index (χ1) is 18.2. The fraction of sp³-hybridized carbons (Fsp3) is 0.333. The number of imidazole rings is 1. The number of aliphatic carboxylic acids is 1. The van der Waals surface area contributed by atoms with Crippen molar-refractivity contribution >= 4 is 17.6 Å². The molecule has 0 amide bonds. The zero-order valence-corrected chi connectivity index (χ0v) is 20.9. The van der Waals surface area contributed by atoms with Gasteiger partial charge < -0.3 is 24.3 Å². The van der Waals surface area contributed by atoms with Gasteiger partial charge in [0.25, 0.3) is 0 Å². The molecule has 4 heterocycles. The van der Waals surface area contributed by atoms with Crippen LogP contribution in [0.4, 0.5) is 14.7 Å². The van der Waals surface area contributed by atoms with Crippen LogP contribution in [-0.2, 0) is 4.79 Å². The van der Waals surface area contributed by atoms with E-state index < -0.39 is 24.1 Å². The van der Waals surface area contributed by atoms with E-state index in [1.165, 1.54) is 12.1 Å². The monoisotopic (exact) mass is 523 g/mol. The lowest BCUT2D eigenvalue weighted by Crippen LogP contribution is -2.43. The van der Waals surface area contributed by atoms with Gasteiger partial charge in [-0.3, -0.25) is 4.79 Å². The van der Waals surface area contributed by atoms with E-state index in [4.69, 9.17) is 0 Å². The van der Waals surface area contributed by atoms with Gasteiger partial charge in [0.15, 0.2) is 0 Å². The number of para-hydroxylation sites is 1. The third kappa shape index (κ3) is 4.76. The average molecular weight is 524 g/mol. The van der Waals surface area contributed by atoms with Crippen molar-refractivity contribution in [1.29, 1.82) is 0 Å². The number of carboxylic acid groups (broad SMARTS) is 1. The van der Waals surface area contributed by atoms with Crippen LogP contribution in [-0.4, -0.2) is 55.2 Å². The van der Waals surface area contributed by atoms with Gasteiger partial charge in [-0.2, -0.15) is 8.78 Å². The number of pyridine rings is 1. The number of benzene rings is 1. The number of aromatic nitrogens is 4. The van der Waals surface area contributed by atoms with Crippen LogP contribution in [0.5, 0.6) is 5.75 Å². The molecule has 0 radical (unpaired) electrons. The lowest BCUT2D eigenvalue weighted by Gasteiger charge is -2.36. The quantitative estimate of drug-likeness (QED) is 0.365. The van der Waals surface area contributed by atoms with Gasteiger partial charge in [0.2, 0.25) is 5.95 Å². The number of hydrogen-bond donors (Lipinski definition) is 2. The maximum absolute atomic E-state index is 12.9. The van der Waals surface area contributed by atoms with Crippen molar-refractivity contribution in [3.8, 4) is 16.9 Å². The summed E-state index contributed by atoms with van der Waals surface area (Å²) in [7, 11) is 0. The van der Waals surface area contributed by atoms with Crippen LogP contribution >= 0.6 is 0 Å². The minimum absolute atomic E-state index is 0.106. The minimum Gasteiger partial charge on any atom is -0.481 e. The number of nitrogens with zero attached hydrogens (tertiary/aromatic N) is 5. The normalized spacial score (nSPS) is 16.1. The van der Waals surface area contributed by atoms with E-state index in [1.54, 1.807) is 55.0 Å². The highest BCUT2D eigenvalue weighted by atomic mass is 19.3. The van der Waals surface area contributed by atoms with Crippen LogP contribution in [0.25, 0.3) is 16.8 Å². The number of aliphatic hydroxyl groups excluding tert-OH is 1. The van der Waals surface area contributed by atoms with E-state index in [9.17, 15) is 23.8 Å². The molecule has 38 heavy (non-hydrogen) atoms. The highest BCUT2D eigenvalue weighted by molar-refractivity contribution is 5.74. The molecule has 1 aromatic carbocycles. The van der Waals surface area contributed by atoms with Crippen LogP contribution in [0.2, 0.25) is 0 Å². The van der Waals surface area contributed by atoms with E-state index in [-0.39, 0.29) is 11.3 Å². The van der Waals surface area contributed by atoms with E-state index in [2.05, 4.69) is 19.7 Å². The van der Waals surface area contributed by atoms with Crippen LogP contribution in [0.1, 0.15) is 42.8 Å². The molecule has 198 valence electrons. The van der Waals surface area contributed by atoms with Gasteiger partial charge >= 0.3 is 12.6 Å². The van der Waals surface area contributed by atoms with Crippen molar-refractivity contribution in [1.82, 2.24) is 19.4 Å². The van der Waals surface area contributed by atoms with Crippen molar-refractivity contribution in [3.05, 3.63) is 71.9 Å². The van der Waals surface area contributed by atoms with Gasteiger partial charge in [-0.15, -0.1) is 0 Å². The molecule has 1 fully saturated rings. The summed E-state index contributed by atoms with van der Waals surface area (Å²) in [5.74, 6) is -0.355. The Balaban J connectivity index is 1.43. The van der Waals surface area contributed by atoms with Crippen molar-refractivity contribution < 1.29 is 28.5 Å². The number of rotatable bonds is 7. The lowest BCUT2D eigenvalue weighted by molar-refractivity contribution is -0.149. The molecule has 0 bridgehead atoms. The Morgan fingerprint density at radius 2 is 1.76 bits per heavy atom. The molecule has 1 saturated heterocycles. The first kappa shape index (κ1) is 25.5. The summed E-state index contributed by atoms with van der Waals surface area (Å²) < 4.78 is 32.2. The fourth-order valence-electron chi connectivity index (χ4n) is 4.79. The topological polar surface area (TPSA) is 113 Å². The Morgan fingerprint density at radius 3 is 2.42 bits per heavy atom. The van der Waals surface area contributed by atoms with E-state index in [1.807, 2.05) is 11.0 Å². The Kier molecular flexibility index (Phi) is 6.70. The smallest absolute Gasteiger partial charge is 0.387 e. The van der Waals surface area contributed by atoms with Crippen molar-refractivity contribution in [2.24, 2.45) is 5.41 Å². The number of carboxylic acids is 1. The molecule has 1 atom stereocenters. The fourth-order valence-corrected chi connectivity index (χ4v) is 4.79. The second kappa shape index (κ2) is 9.97. The Bertz CT molecular complexity index is 1470. The molecule has 0 saturated carbocycles. The molecular formula is C27H27F2N5O4. The molecule has 1 unspecified atom stereocenters. The molecule has 4 aromatic rings. The standard InChI is InChI=1S/C27H27F2N5O4/c1-16-22(23(35)19-5-3-4-6-20(19)38-25(28)29)34-15-17(7-8-21(34)32-16)18-13-30-26(31-14-18)33-11-9-27(2,10-12-33)24(36)37/h3-8,13-15,23,25,35H,9-12H2,1-2H3,(H,36,37). The molecule has 0 spiro atoms. The minimum atomic E-state index is -3.02. The predicted molar refractivity (Wildman–Crippen MR) is 135 cm³/mol. The highest BCUT2D eigenvalue weighted by Gasteiger charge is 2.37. The lowest BCUT2D eigenvalue weighted by atomic mass is 9.80. The average Bonchev–Trinajstić information content (AvgIpc) is 3.23. The van der Waals surface area contributed by atoms with Gasteiger partial charge in [0.1, 0.15) is 17.5 Å². The van der Waals surface area contributed by atoms with Crippen LogP contribution in [0, 0.1) is 12.3 Å². The van der Waals surface area contributed by atoms with Crippen molar-refractivity contribution in [2.75, 3.05) is 18.0 Å². The summed E-state index contributed by atoms with van der Waals surface area (Å²) in [4.78, 5) is 27.0. The predicted octanol–water partition coefficient (Wildman–Crippen LogP) is 4.47. The molecule has 1 aliphatic heterocycles. The number of piperidine rings is 1. The van der Waals surface area contributed by atoms with E-state index in [0.29, 0.717) is 48.9 Å². The van der Waals surface area contributed by atoms with Crippen LogP contribution < -0.4 is 9.64 Å². The number of anilines is 1. The van der Waals surface area contributed by atoms with Gasteiger partial charge in [-0.25, -0.2) is 15.0 Å². The second-order valence-electron chi connectivity index (χ2n) is 9.67. The summed E-state index contributed by atoms with van der Waals surface area (Å²) in [6.07, 6.45) is 4.95. The molecule has 9 nitrogen and oxygen atoms in total. The Labute approximate surface area is 217 Å². The van der Waals surface area contributed by atoms with Crippen LogP contribution in [0.3, 0.4) is 0 Å². The third-order valence-electron chi connectivity index (χ3n) is 7.17. The number of fused-ring (bicyclic) bond motifs is 1. The number of aliphatic hydroxyl groups is 1. The van der Waals surface area contributed by atoms with Crippen LogP contribution in [0.15, 0.2) is 55.0 Å². The number of ether oxygens (including phenoxy) is 1. The summed E-state index contributed by atoms with van der Waals surface area (Å²) in [6, 6.07) is 9.79. The number of alkyl halides is 2. The highest BCUT2D eigenvalue weighted by Crippen LogP contribution is 2.34. The number of halogens is 2. The summed E-state index contributed by atoms with van der Waals surface area (Å²) in [5.41, 5.74) is 2.53. The van der Waals surface area contributed by atoms with Gasteiger partial charge in [-0.05, 0) is 44.9 Å². The van der Waals surface area contributed by atoms with Gasteiger partial charge in [-0.1, -0.05) is 18.2 Å². The maximum Gasteiger partial charge on any atom is 0.387 e. The van der Waals surface area contributed by atoms with Crippen molar-refractivity contribution in [2.45, 2.75) is 39.4 Å². The first-order valence-corrected chi connectivity index (χ1v) is 12.2. The zero-order valence-electron chi connectivity index (χ0n) is 20.9. The zero-order chi connectivity index (χ0) is 27.0. The second-order valence-corrected chi connectivity index (χ2v) is 9.67. The first-order valence-electron chi connectivity index (χ1n) is 12.2. The molecular weight excluding hydrogens is 496 g/mol. The van der Waals surface area contributed by atoms with Gasteiger partial charge in [0.05, 0.1) is 16.8 Å². The Hall–Kier alpha value is -4.12. The van der Waals surface area contributed by atoms with Crippen molar-refractivity contribution in [3.63, 3.8) is 0 Å². The maximum atomic E-state index is 12.9. The molecule has 3 aromatic heterocycles. The molecule has 0 aliphatic carbocycles. The SMILES string of the molecule is Cc1nc2ccc(-c3cnc(N4CCC(C)(C(=O)O)CC4)nc3)cn2c1C(O)c1ccccc1OC(F)F. The summed E-state index contributed by atoms with van der Waals surface area (Å²) >= 11 is 0. The molecule has 2 N–H and O–H groups in total. The summed E-state index contributed by atoms with van der Waals surface area (Å²) in [6.45, 7) is 1.60. The third-order valence-corrected chi connectivity index (χ3v) is 7.17. The molecule has 1 aliphatic rings. The molecule has 5 rings (SSSR count). The number of hydrogen-bond acceptors (Lipinski definition) is 7. The largest absolute Gasteiger partial charge is 0.481 e. The van der Waals surface area contributed by atoms with Gasteiger partial charge in [0, 0.05) is 48.4 Å². The number of carbonyl (C=O) groups is 1. The number of aryl methyl sites for hydroxylation is 1. The van der Waals surface area contributed by atoms with E-state index >= 15 is 0 Å². The Morgan fingerprint density at radius 1 is 1.08 bits per heavy atom. The van der Waals surface area contributed by atoms with E-state index in [0.717, 1.165) is 11.1 Å². The summed E-state index contributed by atoms with van der Waals surface area (Å²) in [5, 5.41) is 20.7.